The van der Waals surface area contributed by atoms with Crippen LogP contribution in [0.4, 0.5) is 0 Å². The maximum atomic E-state index is 6.03. The van der Waals surface area contributed by atoms with Crippen molar-refractivity contribution in [2.24, 2.45) is 5.92 Å². The molecule has 1 aliphatic heterocycles. The third-order valence-corrected chi connectivity index (χ3v) is 4.15. The Morgan fingerprint density at radius 2 is 2.00 bits per heavy atom. The molecule has 0 aromatic heterocycles. The summed E-state index contributed by atoms with van der Waals surface area (Å²) in [6.45, 7) is 5.48. The van der Waals surface area contributed by atoms with Crippen molar-refractivity contribution in [1.29, 1.82) is 0 Å². The molecule has 102 valence electrons. The Kier molecular flexibility index (Phi) is 3.88. The first-order chi connectivity index (χ1) is 9.29. The minimum absolute atomic E-state index is 0.502. The molecule has 0 saturated heterocycles. The number of rotatable bonds is 4. The number of hydrogen-bond acceptors (Lipinski definition) is 2. The smallest absolute Gasteiger partial charge is 0.0987 e. The van der Waals surface area contributed by atoms with Crippen molar-refractivity contribution in [2.75, 3.05) is 13.1 Å². The molecule has 1 aromatic carbocycles. The first kappa shape index (κ1) is 12.7. The highest BCUT2D eigenvalue weighted by atomic mass is 16.5. The number of benzene rings is 1. The van der Waals surface area contributed by atoms with E-state index in [0.717, 1.165) is 32.0 Å². The summed E-state index contributed by atoms with van der Waals surface area (Å²) in [5.74, 6) is 2.09. The molecule has 19 heavy (non-hydrogen) atoms. The first-order valence-electron chi connectivity index (χ1n) is 7.41. The Morgan fingerprint density at radius 1 is 1.21 bits per heavy atom. The minimum atomic E-state index is 0.502. The van der Waals surface area contributed by atoms with Crippen LogP contribution in [0.25, 0.3) is 0 Å². The average Bonchev–Trinajstić information content (AvgIpc) is 2.40. The van der Waals surface area contributed by atoms with Gasteiger partial charge in [0.15, 0.2) is 0 Å². The Bertz CT molecular complexity index is 434. The lowest BCUT2D eigenvalue weighted by Crippen LogP contribution is -2.33. The van der Waals surface area contributed by atoms with Gasteiger partial charge in [0.25, 0.3) is 0 Å². The monoisotopic (exact) mass is 257 g/mol. The quantitative estimate of drug-likeness (QED) is 0.817. The number of ether oxygens (including phenoxy) is 1. The summed E-state index contributed by atoms with van der Waals surface area (Å²) in [6, 6.07) is 10.7. The summed E-state index contributed by atoms with van der Waals surface area (Å²) in [5, 5.41) is 0. The van der Waals surface area contributed by atoms with Gasteiger partial charge in [-0.1, -0.05) is 37.3 Å². The van der Waals surface area contributed by atoms with E-state index in [2.05, 4.69) is 48.2 Å². The highest BCUT2D eigenvalue weighted by molar-refractivity contribution is 5.15. The molecule has 0 atom stereocenters. The van der Waals surface area contributed by atoms with Crippen molar-refractivity contribution in [3.8, 4) is 0 Å². The minimum Gasteiger partial charge on any atom is -0.495 e. The van der Waals surface area contributed by atoms with Crippen LogP contribution in [0.15, 0.2) is 42.2 Å². The fourth-order valence-electron chi connectivity index (χ4n) is 2.92. The summed E-state index contributed by atoms with van der Waals surface area (Å²) < 4.78 is 6.03. The van der Waals surface area contributed by atoms with Crippen LogP contribution in [-0.4, -0.2) is 24.1 Å². The highest BCUT2D eigenvalue weighted by Gasteiger charge is 2.28. The lowest BCUT2D eigenvalue weighted by molar-refractivity contribution is 0.00837. The van der Waals surface area contributed by atoms with Crippen LogP contribution in [-0.2, 0) is 11.3 Å². The Labute approximate surface area is 116 Å². The molecule has 0 radical (unpaired) electrons. The van der Waals surface area contributed by atoms with E-state index >= 15 is 0 Å². The van der Waals surface area contributed by atoms with E-state index < -0.39 is 0 Å². The van der Waals surface area contributed by atoms with E-state index in [-0.39, 0.29) is 0 Å². The predicted octanol–water partition coefficient (Wildman–Crippen LogP) is 3.59. The molecule has 1 fully saturated rings. The molecule has 2 aliphatic rings. The number of hydrogen-bond donors (Lipinski definition) is 0. The molecule has 0 unspecified atom stereocenters. The van der Waals surface area contributed by atoms with E-state index in [1.165, 1.54) is 24.2 Å². The molecule has 0 bridgehead atoms. The molecular formula is C17H23NO. The first-order valence-corrected chi connectivity index (χ1v) is 7.41. The second-order valence-electron chi connectivity index (χ2n) is 5.96. The Balaban J connectivity index is 1.47. The summed E-state index contributed by atoms with van der Waals surface area (Å²) in [5.41, 5.74) is 1.40. The second-order valence-corrected chi connectivity index (χ2v) is 5.96. The van der Waals surface area contributed by atoms with Crippen molar-refractivity contribution in [3.63, 3.8) is 0 Å². The SMILES string of the molecule is CC1CC(OC2=CCN(Cc3ccccc3)CC2)C1. The Hall–Kier alpha value is -1.28. The molecule has 0 amide bonds. The van der Waals surface area contributed by atoms with Crippen LogP contribution >= 0.6 is 0 Å². The van der Waals surface area contributed by atoms with Gasteiger partial charge in [0.05, 0.1) is 11.9 Å². The van der Waals surface area contributed by atoms with Crippen molar-refractivity contribution < 1.29 is 4.74 Å². The van der Waals surface area contributed by atoms with Crippen molar-refractivity contribution >= 4 is 0 Å². The van der Waals surface area contributed by atoms with Crippen molar-refractivity contribution in [2.45, 2.75) is 38.8 Å². The predicted molar refractivity (Wildman–Crippen MR) is 77.7 cm³/mol. The molecule has 1 saturated carbocycles. The van der Waals surface area contributed by atoms with Crippen LogP contribution < -0.4 is 0 Å². The van der Waals surface area contributed by atoms with Gasteiger partial charge in [0, 0.05) is 26.1 Å². The topological polar surface area (TPSA) is 12.5 Å². The van der Waals surface area contributed by atoms with Crippen LogP contribution in [0.5, 0.6) is 0 Å². The van der Waals surface area contributed by atoms with Crippen LogP contribution in [0.3, 0.4) is 0 Å². The van der Waals surface area contributed by atoms with Gasteiger partial charge in [0.1, 0.15) is 0 Å². The summed E-state index contributed by atoms with van der Waals surface area (Å²) in [6.07, 6.45) is 6.32. The average molecular weight is 257 g/mol. The zero-order valence-corrected chi connectivity index (χ0v) is 11.7. The van der Waals surface area contributed by atoms with E-state index in [1.807, 2.05) is 0 Å². The molecule has 2 heteroatoms. The molecule has 0 spiro atoms. The largest absolute Gasteiger partial charge is 0.495 e. The van der Waals surface area contributed by atoms with Gasteiger partial charge >= 0.3 is 0 Å². The van der Waals surface area contributed by atoms with Crippen LogP contribution in [0, 0.1) is 5.92 Å². The van der Waals surface area contributed by atoms with E-state index in [0.29, 0.717) is 6.10 Å². The standard InChI is InChI=1S/C17H23NO/c1-14-11-17(12-14)19-16-7-9-18(10-8-16)13-15-5-3-2-4-6-15/h2-7,14,17H,8-13H2,1H3. The molecular weight excluding hydrogens is 234 g/mol. The zero-order chi connectivity index (χ0) is 13.1. The third kappa shape index (κ3) is 3.38. The Morgan fingerprint density at radius 3 is 2.63 bits per heavy atom. The van der Waals surface area contributed by atoms with Gasteiger partial charge in [-0.25, -0.2) is 0 Å². The van der Waals surface area contributed by atoms with Gasteiger partial charge in [-0.3, -0.25) is 4.90 Å². The third-order valence-electron chi connectivity index (χ3n) is 4.15. The molecule has 3 rings (SSSR count). The second kappa shape index (κ2) is 5.79. The summed E-state index contributed by atoms with van der Waals surface area (Å²) >= 11 is 0. The van der Waals surface area contributed by atoms with Crippen LogP contribution in [0.2, 0.25) is 0 Å². The van der Waals surface area contributed by atoms with Crippen LogP contribution in [0.1, 0.15) is 31.7 Å². The van der Waals surface area contributed by atoms with Gasteiger partial charge in [-0.15, -0.1) is 0 Å². The maximum Gasteiger partial charge on any atom is 0.0987 e. The maximum absolute atomic E-state index is 6.03. The lowest BCUT2D eigenvalue weighted by atomic mass is 9.84. The normalized spacial score (nSPS) is 27.5. The summed E-state index contributed by atoms with van der Waals surface area (Å²) in [4.78, 5) is 2.48. The van der Waals surface area contributed by atoms with Crippen molar-refractivity contribution in [1.82, 2.24) is 4.90 Å². The van der Waals surface area contributed by atoms with Gasteiger partial charge in [-0.05, 0) is 30.4 Å². The zero-order valence-electron chi connectivity index (χ0n) is 11.7. The lowest BCUT2D eigenvalue weighted by Gasteiger charge is -2.35. The van der Waals surface area contributed by atoms with E-state index in [9.17, 15) is 0 Å². The molecule has 1 aliphatic carbocycles. The highest BCUT2D eigenvalue weighted by Crippen LogP contribution is 2.32. The van der Waals surface area contributed by atoms with E-state index in [4.69, 9.17) is 4.74 Å². The molecule has 1 heterocycles. The summed E-state index contributed by atoms with van der Waals surface area (Å²) in [7, 11) is 0. The molecule has 0 N–H and O–H groups in total. The van der Waals surface area contributed by atoms with Gasteiger partial charge in [0.2, 0.25) is 0 Å². The number of nitrogens with zero attached hydrogens (tertiary/aromatic N) is 1. The van der Waals surface area contributed by atoms with Gasteiger partial charge in [-0.2, -0.15) is 0 Å². The molecule has 2 nitrogen and oxygen atoms in total. The van der Waals surface area contributed by atoms with E-state index in [1.54, 1.807) is 0 Å². The fourth-order valence-corrected chi connectivity index (χ4v) is 2.92. The molecule has 1 aromatic rings. The fraction of sp³-hybridized carbons (Fsp3) is 0.529. The van der Waals surface area contributed by atoms with Gasteiger partial charge < -0.3 is 4.74 Å². The van der Waals surface area contributed by atoms with Crippen molar-refractivity contribution in [3.05, 3.63) is 47.7 Å².